The second kappa shape index (κ2) is 5.77. The molecule has 6 nitrogen and oxygen atoms in total. The van der Waals surface area contributed by atoms with Crippen LogP contribution in [0.2, 0.25) is 0 Å². The van der Waals surface area contributed by atoms with Crippen LogP contribution in [-0.2, 0) is 10.0 Å². The summed E-state index contributed by atoms with van der Waals surface area (Å²) in [5.41, 5.74) is 0. The highest BCUT2D eigenvalue weighted by molar-refractivity contribution is 7.89. The number of ether oxygens (including phenoxy) is 2. The molecule has 2 N–H and O–H groups in total. The predicted octanol–water partition coefficient (Wildman–Crippen LogP) is 0.507. The van der Waals surface area contributed by atoms with Crippen LogP contribution in [-0.4, -0.2) is 39.4 Å². The minimum absolute atomic E-state index is 0.0945. The SMILES string of the molecule is C[C@H](CO)NS(=O)(=O)c1ccc2c(c1)OCCCO2. The van der Waals surface area contributed by atoms with Crippen molar-refractivity contribution in [2.75, 3.05) is 19.8 Å². The third-order valence-corrected chi connectivity index (χ3v) is 4.25. The molecule has 7 heteroatoms. The Balaban J connectivity index is 2.28. The molecule has 1 aromatic carbocycles. The summed E-state index contributed by atoms with van der Waals surface area (Å²) < 4.78 is 37.4. The second-order valence-corrected chi connectivity index (χ2v) is 6.08. The van der Waals surface area contributed by atoms with E-state index in [0.717, 1.165) is 6.42 Å². The predicted molar refractivity (Wildman–Crippen MR) is 68.9 cm³/mol. The summed E-state index contributed by atoms with van der Waals surface area (Å²) in [7, 11) is -3.66. The second-order valence-electron chi connectivity index (χ2n) is 4.36. The molecule has 1 heterocycles. The van der Waals surface area contributed by atoms with Gasteiger partial charge in [0.2, 0.25) is 10.0 Å². The topological polar surface area (TPSA) is 84.9 Å². The molecule has 0 fully saturated rings. The van der Waals surface area contributed by atoms with Gasteiger partial charge in [-0.05, 0) is 19.1 Å². The fraction of sp³-hybridized carbons (Fsp3) is 0.500. The highest BCUT2D eigenvalue weighted by Gasteiger charge is 2.20. The molecule has 1 atom stereocenters. The normalized spacial score (nSPS) is 16.7. The van der Waals surface area contributed by atoms with E-state index in [1.165, 1.54) is 12.1 Å². The quantitative estimate of drug-likeness (QED) is 0.842. The van der Waals surface area contributed by atoms with Crippen LogP contribution in [0.25, 0.3) is 0 Å². The number of hydrogen-bond donors (Lipinski definition) is 2. The zero-order valence-electron chi connectivity index (χ0n) is 10.6. The Morgan fingerprint density at radius 3 is 2.68 bits per heavy atom. The van der Waals surface area contributed by atoms with Crippen molar-refractivity contribution in [3.63, 3.8) is 0 Å². The van der Waals surface area contributed by atoms with Crippen LogP contribution >= 0.6 is 0 Å². The zero-order valence-corrected chi connectivity index (χ0v) is 11.4. The van der Waals surface area contributed by atoms with Crippen molar-refractivity contribution < 1.29 is 23.0 Å². The van der Waals surface area contributed by atoms with Gasteiger partial charge in [0.25, 0.3) is 0 Å². The fourth-order valence-electron chi connectivity index (χ4n) is 1.68. The molecule has 0 bridgehead atoms. The molecular formula is C12H17NO5S. The number of fused-ring (bicyclic) bond motifs is 1. The molecule has 0 unspecified atom stereocenters. The van der Waals surface area contributed by atoms with E-state index in [2.05, 4.69) is 4.72 Å². The molecule has 0 aliphatic carbocycles. The van der Waals surface area contributed by atoms with Gasteiger partial charge in [-0.15, -0.1) is 0 Å². The molecule has 0 saturated heterocycles. The minimum atomic E-state index is -3.66. The zero-order chi connectivity index (χ0) is 13.9. The van der Waals surface area contributed by atoms with Gasteiger partial charge in [-0.1, -0.05) is 0 Å². The van der Waals surface area contributed by atoms with Gasteiger partial charge in [-0.25, -0.2) is 13.1 Å². The smallest absolute Gasteiger partial charge is 0.241 e. The van der Waals surface area contributed by atoms with E-state index in [0.29, 0.717) is 24.7 Å². The number of aliphatic hydroxyl groups is 1. The standard InChI is InChI=1S/C12H17NO5S/c1-9(8-14)13-19(15,16)10-3-4-11-12(7-10)18-6-2-5-17-11/h3-4,7,9,13-14H,2,5-6,8H2,1H3/t9-/m1/s1. The van der Waals surface area contributed by atoms with E-state index in [1.807, 2.05) is 0 Å². The van der Waals surface area contributed by atoms with Crippen molar-refractivity contribution in [3.05, 3.63) is 18.2 Å². The van der Waals surface area contributed by atoms with Gasteiger partial charge >= 0.3 is 0 Å². The Labute approximate surface area is 112 Å². The summed E-state index contributed by atoms with van der Waals surface area (Å²) in [5, 5.41) is 8.90. The number of hydrogen-bond acceptors (Lipinski definition) is 5. The van der Waals surface area contributed by atoms with E-state index in [4.69, 9.17) is 14.6 Å². The molecule has 0 amide bonds. The molecule has 19 heavy (non-hydrogen) atoms. The molecule has 1 aromatic rings. The average Bonchev–Trinajstić information content (AvgIpc) is 2.62. The maximum Gasteiger partial charge on any atom is 0.241 e. The summed E-state index contributed by atoms with van der Waals surface area (Å²) in [6, 6.07) is 3.94. The van der Waals surface area contributed by atoms with E-state index in [9.17, 15) is 8.42 Å². The summed E-state index contributed by atoms with van der Waals surface area (Å²) >= 11 is 0. The van der Waals surface area contributed by atoms with Gasteiger partial charge < -0.3 is 14.6 Å². The van der Waals surface area contributed by atoms with Gasteiger partial charge in [-0.2, -0.15) is 0 Å². The average molecular weight is 287 g/mol. The largest absolute Gasteiger partial charge is 0.490 e. The molecule has 1 aliphatic heterocycles. The number of nitrogens with one attached hydrogen (secondary N) is 1. The van der Waals surface area contributed by atoms with Crippen LogP contribution in [0.3, 0.4) is 0 Å². The minimum Gasteiger partial charge on any atom is -0.490 e. The van der Waals surface area contributed by atoms with Gasteiger partial charge in [0.15, 0.2) is 11.5 Å². The molecular weight excluding hydrogens is 270 g/mol. The lowest BCUT2D eigenvalue weighted by Gasteiger charge is -2.13. The molecule has 0 aromatic heterocycles. The Morgan fingerprint density at radius 1 is 1.32 bits per heavy atom. The van der Waals surface area contributed by atoms with Crippen LogP contribution in [0.4, 0.5) is 0 Å². The summed E-state index contributed by atoms with van der Waals surface area (Å²) in [4.78, 5) is 0.0945. The van der Waals surface area contributed by atoms with Crippen LogP contribution < -0.4 is 14.2 Å². The van der Waals surface area contributed by atoms with Crippen LogP contribution in [0.1, 0.15) is 13.3 Å². The Kier molecular flexibility index (Phi) is 4.28. The van der Waals surface area contributed by atoms with E-state index < -0.39 is 16.1 Å². The first-order valence-electron chi connectivity index (χ1n) is 6.06. The summed E-state index contributed by atoms with van der Waals surface area (Å²) in [5.74, 6) is 0.976. The maximum atomic E-state index is 12.1. The third-order valence-electron chi connectivity index (χ3n) is 2.66. The molecule has 0 radical (unpaired) electrons. The Hall–Kier alpha value is -1.31. The molecule has 0 saturated carbocycles. The fourth-order valence-corrected chi connectivity index (χ4v) is 2.93. The van der Waals surface area contributed by atoms with E-state index in [-0.39, 0.29) is 11.5 Å². The van der Waals surface area contributed by atoms with E-state index in [1.54, 1.807) is 13.0 Å². The van der Waals surface area contributed by atoms with Gasteiger partial charge in [0.1, 0.15) is 0 Å². The maximum absolute atomic E-state index is 12.1. The van der Waals surface area contributed by atoms with Crippen molar-refractivity contribution in [2.24, 2.45) is 0 Å². The Morgan fingerprint density at radius 2 is 2.00 bits per heavy atom. The van der Waals surface area contributed by atoms with Gasteiger partial charge in [-0.3, -0.25) is 0 Å². The van der Waals surface area contributed by atoms with Crippen molar-refractivity contribution in [2.45, 2.75) is 24.3 Å². The van der Waals surface area contributed by atoms with Crippen molar-refractivity contribution >= 4 is 10.0 Å². The number of aliphatic hydroxyl groups excluding tert-OH is 1. The van der Waals surface area contributed by atoms with Crippen LogP contribution in [0.5, 0.6) is 11.5 Å². The molecule has 0 spiro atoms. The lowest BCUT2D eigenvalue weighted by atomic mass is 10.3. The molecule has 1 aliphatic rings. The first kappa shape index (κ1) is 14.1. The molecule has 106 valence electrons. The lowest BCUT2D eigenvalue weighted by Crippen LogP contribution is -2.34. The van der Waals surface area contributed by atoms with Crippen LogP contribution in [0.15, 0.2) is 23.1 Å². The highest BCUT2D eigenvalue weighted by atomic mass is 32.2. The van der Waals surface area contributed by atoms with Gasteiger partial charge in [0.05, 0.1) is 24.7 Å². The summed E-state index contributed by atoms with van der Waals surface area (Å²) in [6.07, 6.45) is 0.760. The number of benzene rings is 1. The number of sulfonamides is 1. The first-order chi connectivity index (χ1) is 9.03. The van der Waals surface area contributed by atoms with Crippen molar-refractivity contribution in [1.29, 1.82) is 0 Å². The highest BCUT2D eigenvalue weighted by Crippen LogP contribution is 2.31. The van der Waals surface area contributed by atoms with Gasteiger partial charge in [0, 0.05) is 18.5 Å². The monoisotopic (exact) mass is 287 g/mol. The number of rotatable bonds is 4. The van der Waals surface area contributed by atoms with E-state index >= 15 is 0 Å². The summed E-state index contributed by atoms with van der Waals surface area (Å²) in [6.45, 7) is 2.38. The lowest BCUT2D eigenvalue weighted by molar-refractivity contribution is 0.265. The first-order valence-corrected chi connectivity index (χ1v) is 7.54. The Bertz CT molecular complexity index is 543. The van der Waals surface area contributed by atoms with Crippen molar-refractivity contribution in [3.8, 4) is 11.5 Å². The van der Waals surface area contributed by atoms with Crippen LogP contribution in [0, 0.1) is 0 Å². The molecule has 2 rings (SSSR count). The third kappa shape index (κ3) is 3.37. The van der Waals surface area contributed by atoms with Crippen molar-refractivity contribution in [1.82, 2.24) is 4.72 Å².